The molecule has 1 aliphatic rings. The average molecular weight is 509 g/mol. The van der Waals surface area contributed by atoms with E-state index in [4.69, 9.17) is 19.4 Å². The molecule has 0 amide bonds. The van der Waals surface area contributed by atoms with Crippen molar-refractivity contribution in [3.05, 3.63) is 33.1 Å². The number of phosphoric acid groups is 3. The summed E-state index contributed by atoms with van der Waals surface area (Å²) in [6.07, 6.45) is -5.25. The van der Waals surface area contributed by atoms with Gasteiger partial charge in [0.05, 0.1) is 6.61 Å². The Kier molecular flexibility index (Phi) is 7.28. The van der Waals surface area contributed by atoms with Crippen molar-refractivity contribution in [2.24, 2.45) is 0 Å². The summed E-state index contributed by atoms with van der Waals surface area (Å²) < 4.78 is 50.4. The number of ether oxygens (including phenoxy) is 1. The SMILES string of the molecule is N#CC1(n2ccc(=O)[nH]c2=O)OC(COP(=O)(O)OP(=O)(O)OP(=O)(O)O)C(O)C1O. The molecule has 0 aliphatic carbocycles. The lowest BCUT2D eigenvalue weighted by Crippen LogP contribution is -2.50. The van der Waals surface area contributed by atoms with Crippen LogP contribution >= 0.6 is 23.5 Å². The predicted octanol–water partition coefficient (Wildman–Crippen LogP) is -2.82. The Bertz CT molecular complexity index is 1130. The lowest BCUT2D eigenvalue weighted by Gasteiger charge is -2.26. The molecule has 1 aromatic heterocycles. The van der Waals surface area contributed by atoms with Crippen LogP contribution in [-0.2, 0) is 37.3 Å². The van der Waals surface area contributed by atoms with Crippen molar-refractivity contribution in [2.75, 3.05) is 6.61 Å². The van der Waals surface area contributed by atoms with Crippen LogP contribution in [0.1, 0.15) is 0 Å². The van der Waals surface area contributed by atoms with Gasteiger partial charge in [-0.05, 0) is 0 Å². The first-order valence-electron chi connectivity index (χ1n) is 7.58. The van der Waals surface area contributed by atoms with E-state index in [1.54, 1.807) is 4.98 Å². The highest BCUT2D eigenvalue weighted by molar-refractivity contribution is 7.66. The van der Waals surface area contributed by atoms with E-state index < -0.39 is 65.4 Å². The summed E-state index contributed by atoms with van der Waals surface area (Å²) in [5, 5.41) is 29.7. The number of phosphoric ester groups is 1. The van der Waals surface area contributed by atoms with Gasteiger partial charge in [0.25, 0.3) is 11.3 Å². The number of nitriles is 1. The Morgan fingerprint density at radius 2 is 1.77 bits per heavy atom. The van der Waals surface area contributed by atoms with E-state index in [9.17, 15) is 43.7 Å². The van der Waals surface area contributed by atoms with Crippen LogP contribution in [0.4, 0.5) is 0 Å². The fraction of sp³-hybridized carbons (Fsp3) is 0.500. The van der Waals surface area contributed by atoms with E-state index in [0.29, 0.717) is 4.57 Å². The Balaban J connectivity index is 2.20. The number of nitrogens with zero attached hydrogens (tertiary/aromatic N) is 2. The van der Waals surface area contributed by atoms with E-state index in [-0.39, 0.29) is 0 Å². The summed E-state index contributed by atoms with van der Waals surface area (Å²) >= 11 is 0. The molecule has 7 N–H and O–H groups in total. The number of H-pyrrole nitrogens is 1. The van der Waals surface area contributed by atoms with Crippen molar-refractivity contribution in [1.29, 1.82) is 5.26 Å². The number of nitrogens with one attached hydrogen (secondary N) is 1. The first kappa shape index (κ1) is 25.7. The Hall–Kier alpha value is -1.54. The van der Waals surface area contributed by atoms with Crippen LogP contribution in [-0.4, -0.2) is 64.3 Å². The molecular formula is C10H14N3O15P3. The van der Waals surface area contributed by atoms with Crippen molar-refractivity contribution in [1.82, 2.24) is 9.55 Å². The fourth-order valence-electron chi connectivity index (χ4n) is 2.43. The molecule has 0 aromatic carbocycles. The second-order valence-corrected chi connectivity index (χ2v) is 10.2. The minimum absolute atomic E-state index is 0.424. The average Bonchev–Trinajstić information content (AvgIpc) is 2.82. The van der Waals surface area contributed by atoms with Gasteiger partial charge in [0.15, 0.2) is 0 Å². The standard InChI is InChI=1S/C10H14N3O15P3/c11-4-10(13-2-1-6(14)12-9(13)17)8(16)7(15)5(26-10)3-25-30(21,22)28-31(23,24)27-29(18,19)20/h1-2,5,7-8,15-16H,3H2,(H,21,22)(H,23,24)(H,12,14,17)(H2,18,19,20). The highest BCUT2D eigenvalue weighted by Crippen LogP contribution is 2.66. The minimum atomic E-state index is -5.80. The van der Waals surface area contributed by atoms with Gasteiger partial charge < -0.3 is 34.5 Å². The molecule has 1 aliphatic heterocycles. The largest absolute Gasteiger partial charge is 0.490 e. The van der Waals surface area contributed by atoms with Gasteiger partial charge in [0.2, 0.25) is 0 Å². The van der Waals surface area contributed by atoms with Gasteiger partial charge in [-0.1, -0.05) is 0 Å². The van der Waals surface area contributed by atoms with Gasteiger partial charge in [0.1, 0.15) is 24.4 Å². The monoisotopic (exact) mass is 509 g/mol. The zero-order valence-corrected chi connectivity index (χ0v) is 17.4. The molecule has 31 heavy (non-hydrogen) atoms. The van der Waals surface area contributed by atoms with Crippen LogP contribution in [0.25, 0.3) is 0 Å². The van der Waals surface area contributed by atoms with Crippen LogP contribution in [0, 0.1) is 11.3 Å². The summed E-state index contributed by atoms with van der Waals surface area (Å²) in [7, 11) is -17.0. The molecule has 0 bridgehead atoms. The molecule has 6 unspecified atom stereocenters. The quantitative estimate of drug-likeness (QED) is 0.174. The second-order valence-electron chi connectivity index (χ2n) is 5.77. The van der Waals surface area contributed by atoms with Gasteiger partial charge in [0, 0.05) is 12.3 Å². The number of rotatable bonds is 8. The molecule has 2 rings (SSSR count). The highest BCUT2D eigenvalue weighted by atomic mass is 31.3. The third-order valence-electron chi connectivity index (χ3n) is 3.60. The summed E-state index contributed by atoms with van der Waals surface area (Å²) in [5.41, 5.74) is -4.69. The van der Waals surface area contributed by atoms with Crippen molar-refractivity contribution in [3.63, 3.8) is 0 Å². The number of aromatic nitrogens is 2. The normalized spacial score (nSPS) is 30.3. The number of aromatic amines is 1. The molecule has 1 saturated heterocycles. The second kappa shape index (κ2) is 8.77. The molecule has 18 nitrogen and oxygen atoms in total. The van der Waals surface area contributed by atoms with Crippen LogP contribution in [0.15, 0.2) is 21.9 Å². The molecule has 174 valence electrons. The van der Waals surface area contributed by atoms with Gasteiger partial charge in [-0.25, -0.2) is 18.5 Å². The molecule has 1 fully saturated rings. The number of hydrogen-bond acceptors (Lipinski definition) is 12. The van der Waals surface area contributed by atoms with Gasteiger partial charge >= 0.3 is 29.2 Å². The molecule has 1 aromatic rings. The third kappa shape index (κ3) is 6.04. The van der Waals surface area contributed by atoms with Crippen LogP contribution < -0.4 is 11.2 Å². The Morgan fingerprint density at radius 3 is 2.29 bits per heavy atom. The van der Waals surface area contributed by atoms with Gasteiger partial charge in [-0.3, -0.25) is 18.9 Å². The van der Waals surface area contributed by atoms with Crippen molar-refractivity contribution in [3.8, 4) is 6.07 Å². The number of aliphatic hydroxyl groups is 2. The Labute approximate surface area is 170 Å². The summed E-state index contributed by atoms with van der Waals surface area (Å²) in [4.78, 5) is 60.3. The van der Waals surface area contributed by atoms with Crippen molar-refractivity contribution in [2.45, 2.75) is 24.0 Å². The van der Waals surface area contributed by atoms with Crippen molar-refractivity contribution < 1.29 is 61.4 Å². The van der Waals surface area contributed by atoms with E-state index in [1.165, 1.54) is 6.07 Å². The Morgan fingerprint density at radius 1 is 1.16 bits per heavy atom. The zero-order valence-electron chi connectivity index (χ0n) is 14.7. The summed E-state index contributed by atoms with van der Waals surface area (Å²) in [5.74, 6) is 0. The van der Waals surface area contributed by atoms with Gasteiger partial charge in [-0.15, -0.1) is 0 Å². The lowest BCUT2D eigenvalue weighted by molar-refractivity contribution is -0.108. The van der Waals surface area contributed by atoms with Crippen LogP contribution in [0.5, 0.6) is 0 Å². The maximum Gasteiger partial charge on any atom is 0.490 e. The molecule has 6 atom stereocenters. The highest BCUT2D eigenvalue weighted by Gasteiger charge is 2.57. The molecule has 0 spiro atoms. The smallest absolute Gasteiger partial charge is 0.387 e. The van der Waals surface area contributed by atoms with Crippen LogP contribution in [0.3, 0.4) is 0 Å². The molecular weight excluding hydrogens is 495 g/mol. The van der Waals surface area contributed by atoms with Gasteiger partial charge in [-0.2, -0.15) is 13.9 Å². The molecule has 0 radical (unpaired) electrons. The fourth-order valence-corrected chi connectivity index (χ4v) is 5.46. The number of aliphatic hydroxyl groups excluding tert-OH is 2. The van der Waals surface area contributed by atoms with Crippen molar-refractivity contribution >= 4 is 23.5 Å². The minimum Gasteiger partial charge on any atom is -0.387 e. The van der Waals surface area contributed by atoms with Crippen LogP contribution in [0.2, 0.25) is 0 Å². The summed E-state index contributed by atoms with van der Waals surface area (Å²) in [6, 6.07) is 2.22. The summed E-state index contributed by atoms with van der Waals surface area (Å²) in [6.45, 7) is -1.20. The maximum atomic E-state index is 11.9. The number of hydrogen-bond donors (Lipinski definition) is 7. The van der Waals surface area contributed by atoms with E-state index in [2.05, 4.69) is 13.1 Å². The molecule has 2 heterocycles. The molecule has 21 heteroatoms. The predicted molar refractivity (Wildman–Crippen MR) is 91.6 cm³/mol. The van der Waals surface area contributed by atoms with E-state index in [0.717, 1.165) is 12.3 Å². The zero-order chi connectivity index (χ0) is 23.8. The van der Waals surface area contributed by atoms with E-state index >= 15 is 0 Å². The lowest BCUT2D eigenvalue weighted by atomic mass is 10.0. The maximum absolute atomic E-state index is 11.9. The first-order valence-corrected chi connectivity index (χ1v) is 12.1. The third-order valence-corrected chi connectivity index (χ3v) is 7.40. The topological polar surface area (TPSA) is 288 Å². The first-order chi connectivity index (χ1) is 14.0. The molecule has 0 saturated carbocycles. The van der Waals surface area contributed by atoms with E-state index in [1.807, 2.05) is 0 Å².